The summed E-state index contributed by atoms with van der Waals surface area (Å²) in [5.41, 5.74) is 9.26. The summed E-state index contributed by atoms with van der Waals surface area (Å²) in [4.78, 5) is 93.9. The van der Waals surface area contributed by atoms with E-state index in [0.717, 1.165) is 48.7 Å². The number of piperazine rings is 1. The molecule has 0 spiro atoms. The standard InChI is InChI=1S/C50H53F3N12O7/c1-72-38-13-12-32(25-37(38)64-20-15-40(66)59-49(64)71)48(70)62-23-21-61(22-24-62)19-16-42(68)63-18-3-2-5-33-28-56-46(54)43-44(60-65(45(33)43)36-7-4-6-35(27-36)57-41(67)29-63)30-8-10-31(11-9-30)47(69)58-39-26-34(14-17-55-39)50(51,52)53/h2,5,8-14,17,25-26,28,35-36H,3-4,6-7,15-16,18-24,27,29H2,1H3,(H2,54,56)(H,57,67)(H,55,58,69)(H,59,66,71)/b5-2+/t35-,36-/m1/s1. The van der Waals surface area contributed by atoms with Crippen LogP contribution in [-0.4, -0.2) is 136 Å². The number of anilines is 3. The minimum absolute atomic E-state index is 0.106. The van der Waals surface area contributed by atoms with Crippen LogP contribution < -0.4 is 31.3 Å². The van der Waals surface area contributed by atoms with E-state index in [0.29, 0.717) is 79.2 Å². The van der Waals surface area contributed by atoms with Crippen LogP contribution >= 0.6 is 0 Å². The molecule has 1 saturated carbocycles. The van der Waals surface area contributed by atoms with E-state index in [9.17, 15) is 41.9 Å². The second kappa shape index (κ2) is 20.8. The average molecular weight is 991 g/mol. The summed E-state index contributed by atoms with van der Waals surface area (Å²) in [7, 11) is 1.47. The first-order chi connectivity index (χ1) is 34.6. The molecule has 1 aliphatic carbocycles. The lowest BCUT2D eigenvalue weighted by molar-refractivity contribution is -0.137. The van der Waals surface area contributed by atoms with Crippen molar-refractivity contribution >= 4 is 69.9 Å². The number of benzene rings is 2. The van der Waals surface area contributed by atoms with E-state index in [-0.39, 0.29) is 85.4 Å². The maximum Gasteiger partial charge on any atom is 0.416 e. The van der Waals surface area contributed by atoms with E-state index < -0.39 is 23.7 Å². The zero-order valence-corrected chi connectivity index (χ0v) is 39.4. The predicted octanol–water partition coefficient (Wildman–Crippen LogP) is 5.50. The number of urea groups is 1. The first kappa shape index (κ1) is 49.1. The number of alkyl halides is 3. The number of nitrogens with two attached hydrogens (primary N) is 1. The van der Waals surface area contributed by atoms with Crippen molar-refractivity contribution in [2.24, 2.45) is 0 Å². The molecule has 2 aromatic carbocycles. The minimum Gasteiger partial charge on any atom is -0.495 e. The van der Waals surface area contributed by atoms with Crippen LogP contribution in [0.5, 0.6) is 5.75 Å². The van der Waals surface area contributed by atoms with Gasteiger partial charge in [-0.3, -0.25) is 43.8 Å². The molecule has 72 heavy (non-hydrogen) atoms. The Morgan fingerprint density at radius 2 is 1.68 bits per heavy atom. The van der Waals surface area contributed by atoms with E-state index in [4.69, 9.17) is 15.6 Å². The molecule has 2 atom stereocenters. The first-order valence-corrected chi connectivity index (χ1v) is 23.8. The van der Waals surface area contributed by atoms with Gasteiger partial charge in [-0.2, -0.15) is 18.3 Å². The number of nitrogens with one attached hydrogen (secondary N) is 3. The van der Waals surface area contributed by atoms with Gasteiger partial charge in [0.1, 0.15) is 23.1 Å². The van der Waals surface area contributed by atoms with Gasteiger partial charge in [0, 0.05) is 99.3 Å². The van der Waals surface area contributed by atoms with Crippen LogP contribution in [0.15, 0.2) is 73.1 Å². The Labute approximate surface area is 411 Å². The number of imide groups is 1. The third-order valence-corrected chi connectivity index (χ3v) is 13.5. The van der Waals surface area contributed by atoms with Gasteiger partial charge in [-0.05, 0) is 74.6 Å². The number of hydrogen-bond donors (Lipinski definition) is 4. The second-order valence-electron chi connectivity index (χ2n) is 18.2. The van der Waals surface area contributed by atoms with Crippen LogP contribution in [0.1, 0.15) is 82.8 Å². The molecule has 9 rings (SSSR count). The highest BCUT2D eigenvalue weighted by Gasteiger charge is 2.33. The Morgan fingerprint density at radius 3 is 2.43 bits per heavy atom. The molecular formula is C50H53F3N12O7. The summed E-state index contributed by atoms with van der Waals surface area (Å²) in [5, 5.41) is 13.6. The number of methoxy groups -OCH3 is 1. The summed E-state index contributed by atoms with van der Waals surface area (Å²) in [6.07, 6.45) is 5.49. The van der Waals surface area contributed by atoms with Gasteiger partial charge in [-0.15, -0.1) is 0 Å². The molecule has 2 saturated heterocycles. The van der Waals surface area contributed by atoms with Crippen molar-refractivity contribution in [3.05, 3.63) is 95.3 Å². The monoisotopic (exact) mass is 990 g/mol. The van der Waals surface area contributed by atoms with Crippen LogP contribution in [0.25, 0.3) is 28.2 Å². The van der Waals surface area contributed by atoms with Crippen molar-refractivity contribution in [1.29, 1.82) is 0 Å². The lowest BCUT2D eigenvalue weighted by atomic mass is 9.90. The maximum atomic E-state index is 13.9. The third kappa shape index (κ3) is 10.7. The van der Waals surface area contributed by atoms with Gasteiger partial charge < -0.3 is 30.9 Å². The van der Waals surface area contributed by atoms with Crippen LogP contribution in [0.4, 0.5) is 35.3 Å². The van der Waals surface area contributed by atoms with Gasteiger partial charge in [-0.25, -0.2) is 14.8 Å². The number of aromatic nitrogens is 4. The van der Waals surface area contributed by atoms with Crippen molar-refractivity contribution in [1.82, 2.24) is 45.1 Å². The van der Waals surface area contributed by atoms with Gasteiger partial charge in [0.15, 0.2) is 0 Å². The number of fused-ring (bicyclic) bond motifs is 3. The molecule has 3 aromatic heterocycles. The van der Waals surface area contributed by atoms with Gasteiger partial charge in [0.2, 0.25) is 17.7 Å². The van der Waals surface area contributed by atoms with Crippen LogP contribution in [0, 0.1) is 0 Å². The Morgan fingerprint density at radius 1 is 0.903 bits per heavy atom. The largest absolute Gasteiger partial charge is 0.495 e. The topological polar surface area (TPSA) is 230 Å². The molecule has 19 nitrogen and oxygen atoms in total. The number of amides is 7. The molecule has 6 heterocycles. The Kier molecular flexibility index (Phi) is 14.2. The van der Waals surface area contributed by atoms with Crippen molar-refractivity contribution in [3.8, 4) is 17.0 Å². The molecule has 7 amide bonds. The molecule has 5 aromatic rings. The highest BCUT2D eigenvalue weighted by molar-refractivity contribution is 6.08. The Balaban J connectivity index is 0.863. The van der Waals surface area contributed by atoms with Gasteiger partial charge >= 0.3 is 12.2 Å². The van der Waals surface area contributed by atoms with E-state index in [2.05, 4.69) is 30.8 Å². The molecule has 376 valence electrons. The number of carbonyl (C=O) groups excluding carboxylic acids is 6. The fourth-order valence-corrected chi connectivity index (χ4v) is 9.74. The average Bonchev–Trinajstić information content (AvgIpc) is 3.78. The number of pyridine rings is 2. The van der Waals surface area contributed by atoms with Crippen molar-refractivity contribution < 1.29 is 46.7 Å². The molecule has 5 N–H and O–H groups in total. The lowest BCUT2D eigenvalue weighted by Gasteiger charge is -2.35. The number of hydrogen-bond acceptors (Lipinski definition) is 12. The van der Waals surface area contributed by atoms with Crippen LogP contribution in [-0.2, 0) is 20.6 Å². The quantitative estimate of drug-likeness (QED) is 0.144. The summed E-state index contributed by atoms with van der Waals surface area (Å²) in [6, 6.07) is 12.0. The summed E-state index contributed by atoms with van der Waals surface area (Å²) in [6.45, 7) is 2.64. The molecule has 3 aliphatic heterocycles. The van der Waals surface area contributed by atoms with Gasteiger partial charge in [0.05, 0.1) is 41.9 Å². The summed E-state index contributed by atoms with van der Waals surface area (Å²) < 4.78 is 47.3. The van der Waals surface area contributed by atoms with E-state index >= 15 is 0 Å². The number of carbonyl (C=O) groups is 6. The normalized spacial score (nSPS) is 19.6. The van der Waals surface area contributed by atoms with E-state index in [1.807, 2.05) is 16.8 Å². The smallest absolute Gasteiger partial charge is 0.416 e. The molecule has 0 radical (unpaired) electrons. The predicted molar refractivity (Wildman–Crippen MR) is 260 cm³/mol. The number of ether oxygens (including phenoxy) is 1. The van der Waals surface area contributed by atoms with Crippen molar-refractivity contribution in [2.45, 2.75) is 63.2 Å². The molecular weight excluding hydrogens is 938 g/mol. The first-order valence-electron chi connectivity index (χ1n) is 23.8. The fraction of sp³-hybridized carbons (Fsp3) is 0.380. The van der Waals surface area contributed by atoms with E-state index in [1.165, 1.54) is 12.0 Å². The van der Waals surface area contributed by atoms with Crippen LogP contribution in [0.2, 0.25) is 0 Å². The Hall–Kier alpha value is -7.88. The van der Waals surface area contributed by atoms with Gasteiger partial charge in [0.25, 0.3) is 11.8 Å². The Bertz CT molecular complexity index is 2950. The number of rotatable bonds is 9. The summed E-state index contributed by atoms with van der Waals surface area (Å²) >= 11 is 0. The second-order valence-corrected chi connectivity index (χ2v) is 18.2. The lowest BCUT2D eigenvalue weighted by Crippen LogP contribution is -2.50. The highest BCUT2D eigenvalue weighted by Crippen LogP contribution is 2.39. The SMILES string of the molecule is COc1ccc(C(=O)N2CCN(CCC(=O)N3CC/C=C/c4cnc(N)c5c(-c6ccc(C(=O)Nc7cc(C(F)(F)F)ccn7)cc6)nn(c45)[C@@H]4CCC[C@H](C4)NC(=O)C3)CC2)cc1N1CCC(=O)NC1=O. The fourth-order valence-electron chi connectivity index (χ4n) is 9.74. The van der Waals surface area contributed by atoms with E-state index in [1.54, 1.807) is 58.5 Å². The number of nitrogen functional groups attached to an aromatic ring is 1. The highest BCUT2D eigenvalue weighted by atomic mass is 19.4. The van der Waals surface area contributed by atoms with Gasteiger partial charge in [-0.1, -0.05) is 24.3 Å². The summed E-state index contributed by atoms with van der Waals surface area (Å²) in [5.74, 6) is -1.27. The molecule has 0 unspecified atom stereocenters. The maximum absolute atomic E-state index is 13.9. The zero-order chi connectivity index (χ0) is 50.7. The number of nitrogens with zero attached hydrogens (tertiary/aromatic N) is 8. The van der Waals surface area contributed by atoms with Crippen LogP contribution in [0.3, 0.4) is 0 Å². The van der Waals surface area contributed by atoms with Crippen molar-refractivity contribution in [3.63, 3.8) is 0 Å². The minimum atomic E-state index is -4.60. The zero-order valence-electron chi connectivity index (χ0n) is 39.4. The van der Waals surface area contributed by atoms with Crippen molar-refractivity contribution in [2.75, 3.05) is 75.4 Å². The third-order valence-electron chi connectivity index (χ3n) is 13.5. The molecule has 2 bridgehead atoms. The molecule has 3 fully saturated rings. The molecule has 22 heteroatoms. The number of halogens is 3. The molecule has 4 aliphatic rings.